The lowest BCUT2D eigenvalue weighted by molar-refractivity contribution is 0.553. The van der Waals surface area contributed by atoms with Crippen LogP contribution in [0.5, 0.6) is 0 Å². The maximum absolute atomic E-state index is 11.2. The number of benzene rings is 1. The van der Waals surface area contributed by atoms with Crippen molar-refractivity contribution in [2.45, 2.75) is 6.92 Å². The monoisotopic (exact) mass is 233 g/mol. The van der Waals surface area contributed by atoms with Gasteiger partial charge in [0.1, 0.15) is 0 Å². The number of nitrogens with zero attached hydrogens (tertiary/aromatic N) is 1. The number of fused-ring (bicyclic) bond motifs is 1. The van der Waals surface area contributed by atoms with Crippen LogP contribution in [0, 0.1) is 6.92 Å². The van der Waals surface area contributed by atoms with Crippen molar-refractivity contribution in [2.24, 2.45) is 0 Å². The molecule has 0 amide bonds. The van der Waals surface area contributed by atoms with E-state index in [1.54, 1.807) is 0 Å². The molecule has 1 aliphatic heterocycles. The first kappa shape index (κ1) is 10.4. The summed E-state index contributed by atoms with van der Waals surface area (Å²) in [4.78, 5) is 16.2. The zero-order chi connectivity index (χ0) is 11.8. The Morgan fingerprint density at radius 1 is 1.29 bits per heavy atom. The Bertz CT molecular complexity index is 593. The Morgan fingerprint density at radius 3 is 2.82 bits per heavy atom. The first-order chi connectivity index (χ1) is 8.24. The highest BCUT2D eigenvalue weighted by molar-refractivity contribution is 5.80. The van der Waals surface area contributed by atoms with Crippen molar-refractivity contribution in [1.29, 1.82) is 0 Å². The fourth-order valence-corrected chi connectivity index (χ4v) is 2.32. The van der Waals surface area contributed by atoms with Gasteiger partial charge in [-0.05, 0) is 24.6 Å². The molecule has 0 radical (unpaired) electrons. The van der Waals surface area contributed by atoms with Crippen molar-refractivity contribution in [1.82, 2.24) is 10.3 Å². The quantitative estimate of drug-likeness (QED) is 0.766. The number of piperazine rings is 1. The molecule has 0 bridgehead atoms. The predicted molar refractivity (Wildman–Crippen MR) is 66.7 cm³/mol. The summed E-state index contributed by atoms with van der Waals surface area (Å²) in [7, 11) is 0. The SMILES string of the molecule is Cc1cc(N2CCNCC2)cc2[nH]c(=O)oc12. The summed E-state index contributed by atoms with van der Waals surface area (Å²) in [5.74, 6) is -0.388. The molecule has 0 atom stereocenters. The number of hydrogen-bond donors (Lipinski definition) is 2. The number of aromatic nitrogens is 1. The van der Waals surface area contributed by atoms with Crippen LogP contribution in [-0.2, 0) is 0 Å². The lowest BCUT2D eigenvalue weighted by Crippen LogP contribution is -2.43. The van der Waals surface area contributed by atoms with Crippen molar-refractivity contribution in [3.8, 4) is 0 Å². The zero-order valence-electron chi connectivity index (χ0n) is 9.75. The lowest BCUT2D eigenvalue weighted by Gasteiger charge is -2.29. The molecule has 2 N–H and O–H groups in total. The Balaban J connectivity index is 2.07. The second-order valence-electron chi connectivity index (χ2n) is 4.39. The van der Waals surface area contributed by atoms with Gasteiger partial charge >= 0.3 is 5.76 Å². The molecule has 5 nitrogen and oxygen atoms in total. The lowest BCUT2D eigenvalue weighted by atomic mass is 10.1. The van der Waals surface area contributed by atoms with Crippen LogP contribution in [0.3, 0.4) is 0 Å². The minimum atomic E-state index is -0.388. The van der Waals surface area contributed by atoms with E-state index < -0.39 is 0 Å². The molecule has 1 aliphatic rings. The Hall–Kier alpha value is -1.75. The number of rotatable bonds is 1. The summed E-state index contributed by atoms with van der Waals surface area (Å²) in [6.45, 7) is 5.95. The van der Waals surface area contributed by atoms with E-state index in [1.165, 1.54) is 0 Å². The van der Waals surface area contributed by atoms with E-state index in [4.69, 9.17) is 4.42 Å². The van der Waals surface area contributed by atoms with Crippen molar-refractivity contribution < 1.29 is 4.42 Å². The van der Waals surface area contributed by atoms with Crippen LogP contribution in [0.25, 0.3) is 11.1 Å². The molecule has 0 saturated carbocycles. The number of hydrogen-bond acceptors (Lipinski definition) is 4. The predicted octanol–water partition coefficient (Wildman–Crippen LogP) is 0.839. The second kappa shape index (κ2) is 3.92. The minimum absolute atomic E-state index is 0.388. The van der Waals surface area contributed by atoms with Crippen molar-refractivity contribution in [3.63, 3.8) is 0 Å². The van der Waals surface area contributed by atoms with Gasteiger partial charge in [0.25, 0.3) is 0 Å². The van der Waals surface area contributed by atoms with Gasteiger partial charge in [0.05, 0.1) is 5.52 Å². The third-order valence-corrected chi connectivity index (χ3v) is 3.17. The standard InChI is InChI=1S/C12H15N3O2/c1-8-6-9(15-4-2-13-3-5-15)7-10-11(8)17-12(16)14-10/h6-7,13H,2-5H2,1H3,(H,14,16). The summed E-state index contributed by atoms with van der Waals surface area (Å²) in [5, 5.41) is 3.32. The van der Waals surface area contributed by atoms with Crippen LogP contribution in [0.2, 0.25) is 0 Å². The molecule has 2 aromatic rings. The Kier molecular flexibility index (Phi) is 2.40. The smallest absolute Gasteiger partial charge is 0.408 e. The van der Waals surface area contributed by atoms with Gasteiger partial charge < -0.3 is 14.6 Å². The average Bonchev–Trinajstić information content (AvgIpc) is 2.71. The molecule has 3 rings (SSSR count). The minimum Gasteiger partial charge on any atom is -0.408 e. The van der Waals surface area contributed by atoms with Crippen LogP contribution in [0.4, 0.5) is 5.69 Å². The van der Waals surface area contributed by atoms with Crippen LogP contribution in [-0.4, -0.2) is 31.2 Å². The van der Waals surface area contributed by atoms with Crippen LogP contribution in [0.1, 0.15) is 5.56 Å². The van der Waals surface area contributed by atoms with Crippen molar-refractivity contribution in [3.05, 3.63) is 28.2 Å². The van der Waals surface area contributed by atoms with Gasteiger partial charge in [-0.2, -0.15) is 0 Å². The highest BCUT2D eigenvalue weighted by Gasteiger charge is 2.13. The molecular weight excluding hydrogens is 218 g/mol. The zero-order valence-corrected chi connectivity index (χ0v) is 9.75. The van der Waals surface area contributed by atoms with E-state index in [9.17, 15) is 4.79 Å². The molecule has 0 spiro atoms. The fourth-order valence-electron chi connectivity index (χ4n) is 2.32. The Morgan fingerprint density at radius 2 is 2.06 bits per heavy atom. The fraction of sp³-hybridized carbons (Fsp3) is 0.417. The van der Waals surface area contributed by atoms with Gasteiger partial charge in [-0.1, -0.05) is 0 Å². The van der Waals surface area contributed by atoms with E-state index in [0.717, 1.165) is 42.9 Å². The topological polar surface area (TPSA) is 61.3 Å². The normalized spacial score (nSPS) is 16.6. The van der Waals surface area contributed by atoms with E-state index in [-0.39, 0.29) is 5.76 Å². The number of H-pyrrole nitrogens is 1. The summed E-state index contributed by atoms with van der Waals surface area (Å²) in [5.41, 5.74) is 3.58. The van der Waals surface area contributed by atoms with Crippen molar-refractivity contribution in [2.75, 3.05) is 31.1 Å². The van der Waals surface area contributed by atoms with E-state index in [0.29, 0.717) is 5.58 Å². The number of anilines is 1. The first-order valence-corrected chi connectivity index (χ1v) is 5.83. The molecule has 0 unspecified atom stereocenters. The third kappa shape index (κ3) is 1.82. The Labute approximate surface area is 98.4 Å². The molecular formula is C12H15N3O2. The number of oxazole rings is 1. The summed E-state index contributed by atoms with van der Waals surface area (Å²) >= 11 is 0. The van der Waals surface area contributed by atoms with E-state index in [1.807, 2.05) is 13.0 Å². The van der Waals surface area contributed by atoms with Crippen LogP contribution >= 0.6 is 0 Å². The molecule has 0 aliphatic carbocycles. The largest absolute Gasteiger partial charge is 0.417 e. The number of aryl methyl sites for hydroxylation is 1. The van der Waals surface area contributed by atoms with E-state index >= 15 is 0 Å². The van der Waals surface area contributed by atoms with Crippen LogP contribution in [0.15, 0.2) is 21.3 Å². The molecule has 17 heavy (non-hydrogen) atoms. The number of nitrogens with one attached hydrogen (secondary N) is 2. The summed E-state index contributed by atoms with van der Waals surface area (Å²) in [6, 6.07) is 4.06. The first-order valence-electron chi connectivity index (χ1n) is 5.83. The van der Waals surface area contributed by atoms with Gasteiger partial charge in [-0.25, -0.2) is 4.79 Å². The maximum Gasteiger partial charge on any atom is 0.417 e. The van der Waals surface area contributed by atoms with E-state index in [2.05, 4.69) is 21.3 Å². The summed E-state index contributed by atoms with van der Waals surface area (Å²) in [6.07, 6.45) is 0. The van der Waals surface area contributed by atoms with Gasteiger partial charge in [-0.15, -0.1) is 0 Å². The average molecular weight is 233 g/mol. The molecule has 5 heteroatoms. The molecule has 1 aromatic carbocycles. The van der Waals surface area contributed by atoms with Gasteiger partial charge in [-0.3, -0.25) is 4.98 Å². The second-order valence-corrected chi connectivity index (χ2v) is 4.39. The highest BCUT2D eigenvalue weighted by Crippen LogP contribution is 2.24. The van der Waals surface area contributed by atoms with Crippen LogP contribution < -0.4 is 16.0 Å². The van der Waals surface area contributed by atoms with Gasteiger partial charge in [0.15, 0.2) is 5.58 Å². The number of aromatic amines is 1. The third-order valence-electron chi connectivity index (χ3n) is 3.17. The maximum atomic E-state index is 11.2. The molecule has 2 heterocycles. The van der Waals surface area contributed by atoms with Gasteiger partial charge in [0.2, 0.25) is 0 Å². The molecule has 1 saturated heterocycles. The highest BCUT2D eigenvalue weighted by atomic mass is 16.4. The molecule has 1 fully saturated rings. The summed E-state index contributed by atoms with van der Waals surface area (Å²) < 4.78 is 5.10. The molecule has 1 aromatic heterocycles. The molecule has 90 valence electrons. The van der Waals surface area contributed by atoms with Crippen molar-refractivity contribution >= 4 is 16.8 Å². The van der Waals surface area contributed by atoms with Gasteiger partial charge in [0, 0.05) is 31.9 Å².